The number of imidazole rings is 1. The number of nitrogens with one attached hydrogen (secondary N) is 2. The van der Waals surface area contributed by atoms with Gasteiger partial charge in [0.05, 0.1) is 17.6 Å². The molecule has 0 saturated heterocycles. The molecule has 2 aromatic carbocycles. The minimum atomic E-state index is 0.559. The van der Waals surface area contributed by atoms with E-state index < -0.39 is 0 Å². The highest BCUT2D eigenvalue weighted by molar-refractivity contribution is 5.83. The van der Waals surface area contributed by atoms with Crippen LogP contribution in [0.25, 0.3) is 33.8 Å². The summed E-state index contributed by atoms with van der Waals surface area (Å²) in [6, 6.07) is 13.7. The van der Waals surface area contributed by atoms with Crippen molar-refractivity contribution in [2.75, 3.05) is 6.61 Å². The van der Waals surface area contributed by atoms with Crippen LogP contribution in [0.5, 0.6) is 5.75 Å². The van der Waals surface area contributed by atoms with Gasteiger partial charge in [-0.2, -0.15) is 5.21 Å². The van der Waals surface area contributed by atoms with Gasteiger partial charge in [-0.25, -0.2) is 4.98 Å². The van der Waals surface area contributed by atoms with Gasteiger partial charge in [-0.15, -0.1) is 10.2 Å². The first-order valence-electron chi connectivity index (χ1n) is 7.30. The topological polar surface area (TPSA) is 92.4 Å². The lowest BCUT2D eigenvalue weighted by Crippen LogP contribution is -1.90. The number of aromatic nitrogens is 6. The number of benzene rings is 2. The first-order chi connectivity index (χ1) is 11.3. The van der Waals surface area contributed by atoms with Gasteiger partial charge in [-0.05, 0) is 54.6 Å². The number of tetrazole rings is 1. The van der Waals surface area contributed by atoms with Crippen LogP contribution in [0.15, 0.2) is 42.5 Å². The molecule has 0 saturated carbocycles. The van der Waals surface area contributed by atoms with Crippen LogP contribution < -0.4 is 4.74 Å². The van der Waals surface area contributed by atoms with Crippen LogP contribution in [0.1, 0.15) is 6.92 Å². The number of H-pyrrole nitrogens is 2. The summed E-state index contributed by atoms with van der Waals surface area (Å²) in [5.41, 5.74) is 3.70. The lowest BCUT2D eigenvalue weighted by Gasteiger charge is -2.02. The van der Waals surface area contributed by atoms with E-state index in [1.54, 1.807) is 0 Å². The fraction of sp³-hybridized carbons (Fsp3) is 0.125. The Bertz CT molecular complexity index is 927. The highest BCUT2D eigenvalue weighted by atomic mass is 16.5. The van der Waals surface area contributed by atoms with E-state index in [1.807, 2.05) is 49.4 Å². The molecule has 7 heteroatoms. The molecule has 0 fully saturated rings. The Morgan fingerprint density at radius 3 is 2.61 bits per heavy atom. The maximum absolute atomic E-state index is 5.46. The molecular weight excluding hydrogens is 292 g/mol. The van der Waals surface area contributed by atoms with Crippen molar-refractivity contribution in [3.05, 3.63) is 42.5 Å². The van der Waals surface area contributed by atoms with Crippen LogP contribution in [-0.2, 0) is 0 Å². The minimum absolute atomic E-state index is 0.559. The smallest absolute Gasteiger partial charge is 0.204 e. The van der Waals surface area contributed by atoms with Gasteiger partial charge < -0.3 is 9.72 Å². The molecule has 7 nitrogen and oxygen atoms in total. The average molecular weight is 306 g/mol. The van der Waals surface area contributed by atoms with Crippen LogP contribution in [0.4, 0.5) is 0 Å². The van der Waals surface area contributed by atoms with Crippen molar-refractivity contribution in [1.82, 2.24) is 30.6 Å². The zero-order chi connectivity index (χ0) is 15.6. The Morgan fingerprint density at radius 1 is 1.04 bits per heavy atom. The summed E-state index contributed by atoms with van der Waals surface area (Å²) >= 11 is 0. The zero-order valence-electron chi connectivity index (χ0n) is 12.4. The van der Waals surface area contributed by atoms with Gasteiger partial charge in [-0.1, -0.05) is 0 Å². The number of fused-ring (bicyclic) bond motifs is 1. The predicted molar refractivity (Wildman–Crippen MR) is 85.9 cm³/mol. The lowest BCUT2D eigenvalue weighted by molar-refractivity contribution is 0.340. The molecule has 2 heterocycles. The third-order valence-electron chi connectivity index (χ3n) is 3.52. The molecule has 0 spiro atoms. The van der Waals surface area contributed by atoms with Crippen LogP contribution >= 0.6 is 0 Å². The van der Waals surface area contributed by atoms with E-state index in [0.717, 1.165) is 33.7 Å². The van der Waals surface area contributed by atoms with E-state index in [0.29, 0.717) is 12.4 Å². The highest BCUT2D eigenvalue weighted by Crippen LogP contribution is 2.25. The normalized spacial score (nSPS) is 11.0. The second-order valence-electron chi connectivity index (χ2n) is 5.01. The molecule has 0 unspecified atom stereocenters. The molecule has 0 aliphatic rings. The van der Waals surface area contributed by atoms with Crippen molar-refractivity contribution in [2.24, 2.45) is 0 Å². The number of aromatic amines is 2. The predicted octanol–water partition coefficient (Wildman–Crippen LogP) is 2.81. The van der Waals surface area contributed by atoms with Gasteiger partial charge in [0.2, 0.25) is 5.82 Å². The molecule has 23 heavy (non-hydrogen) atoms. The van der Waals surface area contributed by atoms with Crippen molar-refractivity contribution in [1.29, 1.82) is 0 Å². The molecule has 114 valence electrons. The Morgan fingerprint density at radius 2 is 1.87 bits per heavy atom. The maximum Gasteiger partial charge on any atom is 0.204 e. The van der Waals surface area contributed by atoms with Crippen molar-refractivity contribution < 1.29 is 4.74 Å². The van der Waals surface area contributed by atoms with Crippen molar-refractivity contribution in [2.45, 2.75) is 6.92 Å². The van der Waals surface area contributed by atoms with Crippen molar-refractivity contribution in [3.63, 3.8) is 0 Å². The number of rotatable bonds is 4. The van der Waals surface area contributed by atoms with Crippen LogP contribution in [0, 0.1) is 0 Å². The Kier molecular flexibility index (Phi) is 3.23. The van der Waals surface area contributed by atoms with Gasteiger partial charge in [0.25, 0.3) is 0 Å². The van der Waals surface area contributed by atoms with Crippen molar-refractivity contribution >= 4 is 11.0 Å². The quantitative estimate of drug-likeness (QED) is 0.605. The standard InChI is InChI=1S/C16H14N6O/c1-2-23-12-6-3-10(4-7-12)15-17-13-8-5-11(9-14(13)18-15)16-19-21-22-20-16/h3-9H,2H2,1H3,(H,17,18)(H,19,20,21,22). The number of hydrogen-bond acceptors (Lipinski definition) is 5. The molecule has 4 rings (SSSR count). The SMILES string of the molecule is CCOc1ccc(-c2nc3ccc(-c4nn[nH]n4)cc3[nH]2)cc1. The average Bonchev–Trinajstić information content (AvgIpc) is 3.24. The summed E-state index contributed by atoms with van der Waals surface area (Å²) in [7, 11) is 0. The van der Waals surface area contributed by atoms with Crippen LogP contribution in [-0.4, -0.2) is 37.2 Å². The third-order valence-corrected chi connectivity index (χ3v) is 3.52. The van der Waals surface area contributed by atoms with Gasteiger partial charge in [0.15, 0.2) is 0 Å². The van der Waals surface area contributed by atoms with Gasteiger partial charge in [0.1, 0.15) is 11.6 Å². The lowest BCUT2D eigenvalue weighted by atomic mass is 10.2. The summed E-state index contributed by atoms with van der Waals surface area (Å²) in [5.74, 6) is 2.23. The minimum Gasteiger partial charge on any atom is -0.494 e. The molecule has 0 amide bonds. The van der Waals surface area contributed by atoms with Gasteiger partial charge in [0, 0.05) is 11.1 Å². The first-order valence-corrected chi connectivity index (χ1v) is 7.30. The van der Waals surface area contributed by atoms with E-state index >= 15 is 0 Å². The summed E-state index contributed by atoms with van der Waals surface area (Å²) in [4.78, 5) is 7.95. The number of nitrogens with zero attached hydrogens (tertiary/aromatic N) is 4. The largest absolute Gasteiger partial charge is 0.494 e. The number of hydrogen-bond donors (Lipinski definition) is 2. The molecule has 0 aliphatic carbocycles. The third kappa shape index (κ3) is 2.52. The molecule has 0 aliphatic heterocycles. The molecular formula is C16H14N6O. The monoisotopic (exact) mass is 306 g/mol. The Labute approximate surface area is 131 Å². The maximum atomic E-state index is 5.46. The molecule has 2 aromatic heterocycles. The van der Waals surface area contributed by atoms with E-state index in [2.05, 4.69) is 30.6 Å². The second-order valence-corrected chi connectivity index (χ2v) is 5.01. The van der Waals surface area contributed by atoms with E-state index in [-0.39, 0.29) is 0 Å². The van der Waals surface area contributed by atoms with E-state index in [4.69, 9.17) is 4.74 Å². The van der Waals surface area contributed by atoms with Crippen LogP contribution in [0.3, 0.4) is 0 Å². The Balaban J connectivity index is 1.71. The zero-order valence-corrected chi connectivity index (χ0v) is 12.4. The summed E-state index contributed by atoms with van der Waals surface area (Å²) in [5, 5.41) is 14.0. The molecule has 2 N–H and O–H groups in total. The fourth-order valence-electron chi connectivity index (χ4n) is 2.45. The van der Waals surface area contributed by atoms with Gasteiger partial charge in [-0.3, -0.25) is 0 Å². The second kappa shape index (κ2) is 5.53. The van der Waals surface area contributed by atoms with Crippen molar-refractivity contribution in [3.8, 4) is 28.5 Å². The van der Waals surface area contributed by atoms with Crippen LogP contribution in [0.2, 0.25) is 0 Å². The molecule has 4 aromatic rings. The van der Waals surface area contributed by atoms with Gasteiger partial charge >= 0.3 is 0 Å². The Hall–Kier alpha value is -3.22. The van der Waals surface area contributed by atoms with E-state index in [9.17, 15) is 0 Å². The molecule has 0 atom stereocenters. The first kappa shape index (κ1) is 13.4. The number of ether oxygens (including phenoxy) is 1. The fourth-order valence-corrected chi connectivity index (χ4v) is 2.45. The summed E-state index contributed by atoms with van der Waals surface area (Å²) in [6.07, 6.45) is 0. The molecule has 0 radical (unpaired) electrons. The summed E-state index contributed by atoms with van der Waals surface area (Å²) in [6.45, 7) is 2.62. The molecule has 0 bridgehead atoms. The summed E-state index contributed by atoms with van der Waals surface area (Å²) < 4.78 is 5.46. The van der Waals surface area contributed by atoms with E-state index in [1.165, 1.54) is 0 Å². The highest BCUT2D eigenvalue weighted by Gasteiger charge is 2.09.